The predicted octanol–water partition coefficient (Wildman–Crippen LogP) is 3.74. The second-order valence-corrected chi connectivity index (χ2v) is 7.88. The number of hydrogen-bond donors (Lipinski definition) is 1. The predicted molar refractivity (Wildman–Crippen MR) is 105 cm³/mol. The van der Waals surface area contributed by atoms with E-state index in [0.29, 0.717) is 25.4 Å². The highest BCUT2D eigenvalue weighted by Gasteiger charge is 2.23. The Hall–Kier alpha value is -2.38. The number of rotatable bonds is 5. The molecule has 2 heterocycles. The summed E-state index contributed by atoms with van der Waals surface area (Å²) in [6.07, 6.45) is -0.246. The molecule has 1 aromatic carbocycles. The summed E-state index contributed by atoms with van der Waals surface area (Å²) in [5.74, 6) is 0.686. The zero-order valence-corrected chi connectivity index (χ0v) is 17.1. The first-order valence-electron chi connectivity index (χ1n) is 9.46. The number of hydrogen-bond acceptors (Lipinski definition) is 6. The lowest BCUT2D eigenvalue weighted by Crippen LogP contribution is -2.38. The molecule has 0 saturated carbocycles. The van der Waals surface area contributed by atoms with Gasteiger partial charge in [-0.1, -0.05) is 6.07 Å². The number of benzene rings is 1. The molecule has 7 nitrogen and oxygen atoms in total. The van der Waals surface area contributed by atoms with Crippen molar-refractivity contribution >= 4 is 17.0 Å². The van der Waals surface area contributed by atoms with Gasteiger partial charge in [-0.25, -0.2) is 9.78 Å². The fourth-order valence-corrected chi connectivity index (χ4v) is 3.15. The Morgan fingerprint density at radius 1 is 1.25 bits per heavy atom. The van der Waals surface area contributed by atoms with Crippen LogP contribution >= 0.6 is 0 Å². The van der Waals surface area contributed by atoms with Crippen molar-refractivity contribution in [2.24, 2.45) is 0 Å². The van der Waals surface area contributed by atoms with E-state index in [-0.39, 0.29) is 12.3 Å². The van der Waals surface area contributed by atoms with Gasteiger partial charge in [0.15, 0.2) is 6.29 Å². The van der Waals surface area contributed by atoms with E-state index in [4.69, 9.17) is 23.9 Å². The third-order valence-electron chi connectivity index (χ3n) is 4.29. The van der Waals surface area contributed by atoms with E-state index in [2.05, 4.69) is 5.32 Å². The smallest absolute Gasteiger partial charge is 0.407 e. The monoisotopic (exact) mass is 388 g/mol. The third-order valence-corrected chi connectivity index (χ3v) is 4.29. The van der Waals surface area contributed by atoms with Crippen LogP contribution in [0.1, 0.15) is 45.2 Å². The Morgan fingerprint density at radius 2 is 1.96 bits per heavy atom. The molecule has 1 aromatic heterocycles. The van der Waals surface area contributed by atoms with Crippen LogP contribution < -0.4 is 10.1 Å². The number of methoxy groups -OCH3 is 1. The van der Waals surface area contributed by atoms with Gasteiger partial charge in [-0.2, -0.15) is 0 Å². The van der Waals surface area contributed by atoms with E-state index in [1.165, 1.54) is 0 Å². The molecule has 2 aromatic rings. The van der Waals surface area contributed by atoms with Crippen LogP contribution in [-0.4, -0.2) is 43.0 Å². The summed E-state index contributed by atoms with van der Waals surface area (Å²) >= 11 is 0. The summed E-state index contributed by atoms with van der Waals surface area (Å²) in [4.78, 5) is 16.7. The number of carbonyl (C=O) groups excluding carboxylic acids is 1. The lowest BCUT2D eigenvalue weighted by molar-refractivity contribution is -0.0430. The molecule has 1 N–H and O–H groups in total. The minimum atomic E-state index is -0.529. The van der Waals surface area contributed by atoms with Crippen LogP contribution in [0.3, 0.4) is 0 Å². The molecule has 7 heteroatoms. The Balaban J connectivity index is 1.80. The molecule has 0 aliphatic carbocycles. The van der Waals surface area contributed by atoms with Crippen molar-refractivity contribution in [2.45, 2.75) is 52.0 Å². The SMILES string of the molecule is COc1ccc(C2OCCO2)c2ccc(C[C@@H](C)NC(=O)OC(C)(C)C)nc12. The number of fused-ring (bicyclic) bond motifs is 1. The Bertz CT molecular complexity index is 841. The largest absolute Gasteiger partial charge is 0.494 e. The maximum absolute atomic E-state index is 12.0. The number of nitrogens with zero attached hydrogens (tertiary/aromatic N) is 1. The molecule has 0 bridgehead atoms. The molecule has 3 rings (SSSR count). The Labute approximate surface area is 165 Å². The molecule has 1 aliphatic heterocycles. The average Bonchev–Trinajstić information content (AvgIpc) is 3.13. The summed E-state index contributed by atoms with van der Waals surface area (Å²) in [5, 5.41) is 3.78. The topological polar surface area (TPSA) is 78.9 Å². The first-order chi connectivity index (χ1) is 13.3. The Morgan fingerprint density at radius 3 is 2.61 bits per heavy atom. The third kappa shape index (κ3) is 4.91. The van der Waals surface area contributed by atoms with Crippen LogP contribution in [0.5, 0.6) is 5.75 Å². The molecule has 152 valence electrons. The quantitative estimate of drug-likeness (QED) is 0.841. The Kier molecular flexibility index (Phi) is 6.05. The van der Waals surface area contributed by atoms with Crippen LogP contribution in [0.15, 0.2) is 24.3 Å². The van der Waals surface area contributed by atoms with Gasteiger partial charge in [0.05, 0.1) is 20.3 Å². The molecule has 0 radical (unpaired) electrons. The summed E-state index contributed by atoms with van der Waals surface area (Å²) in [5.41, 5.74) is 2.01. The van der Waals surface area contributed by atoms with Crippen molar-refractivity contribution in [1.82, 2.24) is 10.3 Å². The van der Waals surface area contributed by atoms with Crippen molar-refractivity contribution < 1.29 is 23.7 Å². The van der Waals surface area contributed by atoms with E-state index in [1.54, 1.807) is 7.11 Å². The van der Waals surface area contributed by atoms with Crippen LogP contribution in [0.4, 0.5) is 4.79 Å². The molecule has 0 unspecified atom stereocenters. The van der Waals surface area contributed by atoms with Gasteiger partial charge in [0, 0.05) is 29.1 Å². The summed E-state index contributed by atoms with van der Waals surface area (Å²) in [7, 11) is 1.62. The zero-order valence-electron chi connectivity index (χ0n) is 17.1. The fraction of sp³-hybridized carbons (Fsp3) is 0.524. The summed E-state index contributed by atoms with van der Waals surface area (Å²) in [6.45, 7) is 8.59. The molecule has 1 amide bonds. The highest BCUT2D eigenvalue weighted by Crippen LogP contribution is 2.34. The molecule has 28 heavy (non-hydrogen) atoms. The number of ether oxygens (including phenoxy) is 4. The van der Waals surface area contributed by atoms with Crippen LogP contribution in [0, 0.1) is 0 Å². The summed E-state index contributed by atoms with van der Waals surface area (Å²) in [6, 6.07) is 7.65. The molecule has 1 atom stereocenters. The van der Waals surface area contributed by atoms with E-state index in [9.17, 15) is 4.79 Å². The van der Waals surface area contributed by atoms with Crippen molar-refractivity contribution in [1.29, 1.82) is 0 Å². The maximum Gasteiger partial charge on any atom is 0.407 e. The number of amides is 1. The number of carbonyl (C=O) groups is 1. The van der Waals surface area contributed by atoms with E-state index in [0.717, 1.165) is 22.2 Å². The van der Waals surface area contributed by atoms with Crippen molar-refractivity contribution in [3.63, 3.8) is 0 Å². The first kappa shape index (κ1) is 20.4. The summed E-state index contributed by atoms with van der Waals surface area (Å²) < 4.78 is 22.1. The van der Waals surface area contributed by atoms with Gasteiger partial charge in [0.1, 0.15) is 16.9 Å². The first-order valence-corrected chi connectivity index (χ1v) is 9.46. The fourth-order valence-electron chi connectivity index (χ4n) is 3.15. The van der Waals surface area contributed by atoms with Crippen molar-refractivity contribution in [3.05, 3.63) is 35.5 Å². The number of aromatic nitrogens is 1. The molecule has 0 spiro atoms. The minimum absolute atomic E-state index is 0.129. The standard InChI is InChI=1S/C21H28N2O5/c1-13(22-20(24)28-21(2,3)4)12-14-6-7-15-16(19-26-10-11-27-19)8-9-17(25-5)18(15)23-14/h6-9,13,19H,10-12H2,1-5H3,(H,22,24)/t13-/m1/s1. The normalized spacial score (nSPS) is 16.2. The number of pyridine rings is 1. The zero-order chi connectivity index (χ0) is 20.3. The number of alkyl carbamates (subject to hydrolysis) is 1. The van der Waals surface area contributed by atoms with Crippen LogP contribution in [0.25, 0.3) is 10.9 Å². The average molecular weight is 388 g/mol. The van der Waals surface area contributed by atoms with Gasteiger partial charge >= 0.3 is 6.09 Å². The van der Waals surface area contributed by atoms with Gasteiger partial charge in [0.25, 0.3) is 0 Å². The highest BCUT2D eigenvalue weighted by atomic mass is 16.7. The maximum atomic E-state index is 12.0. The van der Waals surface area contributed by atoms with Crippen molar-refractivity contribution in [2.75, 3.05) is 20.3 Å². The molecule has 1 fully saturated rings. The molecule has 1 saturated heterocycles. The minimum Gasteiger partial charge on any atom is -0.494 e. The highest BCUT2D eigenvalue weighted by molar-refractivity contribution is 5.88. The lowest BCUT2D eigenvalue weighted by Gasteiger charge is -2.22. The second kappa shape index (κ2) is 8.32. The molecule has 1 aliphatic rings. The van der Waals surface area contributed by atoms with Crippen LogP contribution in [0.2, 0.25) is 0 Å². The van der Waals surface area contributed by atoms with Gasteiger partial charge in [-0.3, -0.25) is 0 Å². The molecular weight excluding hydrogens is 360 g/mol. The number of nitrogens with one attached hydrogen (secondary N) is 1. The van der Waals surface area contributed by atoms with Gasteiger partial charge < -0.3 is 24.3 Å². The van der Waals surface area contributed by atoms with E-state index in [1.807, 2.05) is 52.0 Å². The van der Waals surface area contributed by atoms with E-state index < -0.39 is 11.7 Å². The van der Waals surface area contributed by atoms with Crippen molar-refractivity contribution in [3.8, 4) is 5.75 Å². The lowest BCUT2D eigenvalue weighted by atomic mass is 10.0. The van der Waals surface area contributed by atoms with Gasteiger partial charge in [-0.15, -0.1) is 0 Å². The molecular formula is C21H28N2O5. The van der Waals surface area contributed by atoms with Crippen LogP contribution in [-0.2, 0) is 20.6 Å². The van der Waals surface area contributed by atoms with Gasteiger partial charge in [-0.05, 0) is 45.9 Å². The second-order valence-electron chi connectivity index (χ2n) is 7.88. The van der Waals surface area contributed by atoms with E-state index >= 15 is 0 Å². The van der Waals surface area contributed by atoms with Gasteiger partial charge in [0.2, 0.25) is 0 Å².